The van der Waals surface area contributed by atoms with Crippen LogP contribution >= 0.6 is 27.5 Å². The normalized spacial score (nSPS) is 12.6. The minimum absolute atomic E-state index is 0.0918. The summed E-state index contributed by atoms with van der Waals surface area (Å²) >= 11 is 9.02. The minimum atomic E-state index is -0.146. The lowest BCUT2D eigenvalue weighted by molar-refractivity contribution is 0.0995. The highest BCUT2D eigenvalue weighted by molar-refractivity contribution is 9.10. The maximum Gasteiger partial charge on any atom is 0.176 e. The van der Waals surface area contributed by atoms with E-state index in [1.54, 1.807) is 18.2 Å². The number of Topliss-reactive ketones (excluding diaryl/α,β-unsaturated/α-hetero) is 1. The molecule has 0 fully saturated rings. The summed E-state index contributed by atoms with van der Waals surface area (Å²) in [4.78, 5) is 11.4. The maximum absolute atomic E-state index is 11.6. The molecule has 1 rings (SSSR count). The van der Waals surface area contributed by atoms with E-state index in [0.717, 1.165) is 11.1 Å². The van der Waals surface area contributed by atoms with E-state index in [4.69, 9.17) is 11.6 Å². The van der Waals surface area contributed by atoms with E-state index in [-0.39, 0.29) is 10.6 Å². The van der Waals surface area contributed by atoms with E-state index < -0.39 is 0 Å². The van der Waals surface area contributed by atoms with Gasteiger partial charge in [0.25, 0.3) is 0 Å². The topological polar surface area (TPSA) is 17.1 Å². The van der Waals surface area contributed by atoms with Gasteiger partial charge in [0.05, 0.1) is 4.83 Å². The second-order valence-electron chi connectivity index (χ2n) is 2.94. The molecule has 1 atom stereocenters. The Balaban J connectivity index is 3.09. The molecule has 70 valence electrons. The van der Waals surface area contributed by atoms with Crippen LogP contribution in [-0.2, 0) is 0 Å². The van der Waals surface area contributed by atoms with Gasteiger partial charge in [-0.15, -0.1) is 0 Å². The van der Waals surface area contributed by atoms with Gasteiger partial charge in [-0.3, -0.25) is 4.79 Å². The van der Waals surface area contributed by atoms with Crippen molar-refractivity contribution in [2.24, 2.45) is 0 Å². The summed E-state index contributed by atoms with van der Waals surface area (Å²) in [6.07, 6.45) is 0. The van der Waals surface area contributed by atoms with Gasteiger partial charge in [-0.05, 0) is 37.6 Å². The fourth-order valence-electron chi connectivity index (χ4n) is 1.12. The van der Waals surface area contributed by atoms with Crippen molar-refractivity contribution in [3.05, 3.63) is 34.3 Å². The van der Waals surface area contributed by atoms with Gasteiger partial charge in [0.1, 0.15) is 0 Å². The van der Waals surface area contributed by atoms with E-state index in [1.165, 1.54) is 0 Å². The molecule has 0 radical (unpaired) electrons. The summed E-state index contributed by atoms with van der Waals surface area (Å²) in [6, 6.07) is 5.29. The predicted octanol–water partition coefficient (Wildman–Crippen LogP) is 3.61. The number of hydrogen-bond donors (Lipinski definition) is 0. The smallest absolute Gasteiger partial charge is 0.176 e. The Morgan fingerprint density at radius 3 is 2.62 bits per heavy atom. The summed E-state index contributed by atoms with van der Waals surface area (Å²) in [5.41, 5.74) is 1.65. The summed E-state index contributed by atoms with van der Waals surface area (Å²) in [5, 5.41) is 0.663. The highest BCUT2D eigenvalue weighted by Gasteiger charge is 2.13. The summed E-state index contributed by atoms with van der Waals surface area (Å²) in [6.45, 7) is 3.70. The molecule has 1 aromatic carbocycles. The Bertz CT molecular complexity index is 334. The molecular weight excluding hydrogens is 251 g/mol. The van der Waals surface area contributed by atoms with Gasteiger partial charge in [-0.1, -0.05) is 27.5 Å². The molecule has 3 heteroatoms. The van der Waals surface area contributed by atoms with Gasteiger partial charge in [0.15, 0.2) is 5.78 Å². The van der Waals surface area contributed by atoms with E-state index in [2.05, 4.69) is 15.9 Å². The third-order valence-electron chi connectivity index (χ3n) is 1.82. The average molecular weight is 262 g/mol. The van der Waals surface area contributed by atoms with Crippen LogP contribution in [0.2, 0.25) is 5.02 Å². The molecule has 1 unspecified atom stereocenters. The molecule has 0 aliphatic carbocycles. The number of hydrogen-bond acceptors (Lipinski definition) is 1. The van der Waals surface area contributed by atoms with Crippen LogP contribution in [0.25, 0.3) is 0 Å². The van der Waals surface area contributed by atoms with Crippen LogP contribution in [-0.4, -0.2) is 10.6 Å². The zero-order chi connectivity index (χ0) is 10.0. The van der Waals surface area contributed by atoms with Gasteiger partial charge in [0.2, 0.25) is 0 Å². The second-order valence-corrected chi connectivity index (χ2v) is 4.75. The lowest BCUT2D eigenvalue weighted by atomic mass is 10.0. The van der Waals surface area contributed by atoms with E-state index in [0.29, 0.717) is 5.02 Å². The van der Waals surface area contributed by atoms with Crippen molar-refractivity contribution in [2.45, 2.75) is 18.7 Å². The number of alkyl halides is 1. The fourth-order valence-corrected chi connectivity index (χ4v) is 1.59. The molecule has 13 heavy (non-hydrogen) atoms. The number of carbonyl (C=O) groups is 1. The Kier molecular flexibility index (Phi) is 3.51. The molecule has 0 spiro atoms. The lowest BCUT2D eigenvalue weighted by Gasteiger charge is -2.06. The molecule has 0 bridgehead atoms. The third kappa shape index (κ3) is 2.55. The first-order chi connectivity index (χ1) is 6.02. The Hall–Kier alpha value is -0.340. The SMILES string of the molecule is Cc1cc(Cl)ccc1C(=O)C(C)Br. The molecule has 0 N–H and O–H groups in total. The number of carbonyl (C=O) groups excluding carboxylic acids is 1. The highest BCUT2D eigenvalue weighted by Crippen LogP contribution is 2.18. The average Bonchev–Trinajstić information content (AvgIpc) is 2.03. The number of rotatable bonds is 2. The van der Waals surface area contributed by atoms with Crippen LogP contribution in [0.5, 0.6) is 0 Å². The van der Waals surface area contributed by atoms with Gasteiger partial charge in [0, 0.05) is 10.6 Å². The molecule has 1 nitrogen and oxygen atoms in total. The first kappa shape index (κ1) is 10.7. The van der Waals surface area contributed by atoms with Crippen molar-refractivity contribution >= 4 is 33.3 Å². The van der Waals surface area contributed by atoms with Crippen molar-refractivity contribution in [1.29, 1.82) is 0 Å². The molecule has 0 saturated heterocycles. The van der Waals surface area contributed by atoms with Crippen LogP contribution in [0.15, 0.2) is 18.2 Å². The largest absolute Gasteiger partial charge is 0.293 e. The first-order valence-corrected chi connectivity index (χ1v) is 5.26. The lowest BCUT2D eigenvalue weighted by Crippen LogP contribution is -2.11. The monoisotopic (exact) mass is 260 g/mol. The zero-order valence-electron chi connectivity index (χ0n) is 7.47. The van der Waals surface area contributed by atoms with E-state index in [1.807, 2.05) is 13.8 Å². The van der Waals surface area contributed by atoms with Crippen LogP contribution in [0.1, 0.15) is 22.8 Å². The van der Waals surface area contributed by atoms with Crippen LogP contribution in [0.4, 0.5) is 0 Å². The molecule has 1 aromatic rings. The predicted molar refractivity (Wildman–Crippen MR) is 58.9 cm³/mol. The summed E-state index contributed by atoms with van der Waals surface area (Å²) in [7, 11) is 0. The van der Waals surface area contributed by atoms with E-state index in [9.17, 15) is 4.79 Å². The van der Waals surface area contributed by atoms with Crippen molar-refractivity contribution < 1.29 is 4.79 Å². The molecule has 0 saturated carbocycles. The fraction of sp³-hybridized carbons (Fsp3) is 0.300. The van der Waals surface area contributed by atoms with Crippen LogP contribution in [0, 0.1) is 6.92 Å². The summed E-state index contributed by atoms with van der Waals surface area (Å²) in [5.74, 6) is 0.0918. The summed E-state index contributed by atoms with van der Waals surface area (Å²) < 4.78 is 0. The Labute approximate surface area is 91.2 Å². The molecule has 0 heterocycles. The molecule has 0 aliphatic rings. The maximum atomic E-state index is 11.6. The quantitative estimate of drug-likeness (QED) is 0.587. The van der Waals surface area contributed by atoms with Crippen molar-refractivity contribution in [3.8, 4) is 0 Å². The van der Waals surface area contributed by atoms with Crippen molar-refractivity contribution in [3.63, 3.8) is 0 Å². The van der Waals surface area contributed by atoms with Gasteiger partial charge >= 0.3 is 0 Å². The van der Waals surface area contributed by atoms with Gasteiger partial charge in [-0.25, -0.2) is 0 Å². The van der Waals surface area contributed by atoms with Crippen LogP contribution in [0.3, 0.4) is 0 Å². The molecular formula is C10H10BrClO. The van der Waals surface area contributed by atoms with Gasteiger partial charge in [-0.2, -0.15) is 0 Å². The third-order valence-corrected chi connectivity index (χ3v) is 2.47. The van der Waals surface area contributed by atoms with Crippen LogP contribution < -0.4 is 0 Å². The highest BCUT2D eigenvalue weighted by atomic mass is 79.9. The zero-order valence-corrected chi connectivity index (χ0v) is 9.82. The molecule has 0 aromatic heterocycles. The minimum Gasteiger partial charge on any atom is -0.293 e. The van der Waals surface area contributed by atoms with Crippen molar-refractivity contribution in [2.75, 3.05) is 0 Å². The number of aryl methyl sites for hydroxylation is 1. The number of halogens is 2. The number of ketones is 1. The molecule has 0 aliphatic heterocycles. The Morgan fingerprint density at radius 2 is 2.15 bits per heavy atom. The Morgan fingerprint density at radius 1 is 1.54 bits per heavy atom. The second kappa shape index (κ2) is 4.25. The molecule has 0 amide bonds. The number of benzene rings is 1. The standard InChI is InChI=1S/C10H10BrClO/c1-6-5-8(12)3-4-9(6)10(13)7(2)11/h3-5,7H,1-2H3. The van der Waals surface area contributed by atoms with Gasteiger partial charge < -0.3 is 0 Å². The first-order valence-electron chi connectivity index (χ1n) is 3.97. The van der Waals surface area contributed by atoms with Crippen molar-refractivity contribution in [1.82, 2.24) is 0 Å². The van der Waals surface area contributed by atoms with E-state index >= 15 is 0 Å².